The predicted octanol–water partition coefficient (Wildman–Crippen LogP) is 6.87. The fraction of sp³-hybridized carbons (Fsp3) is 0.317. The molecule has 14 nitrogen and oxygen atoms in total. The molecule has 1 aliphatic rings. The number of halogens is 1. The van der Waals surface area contributed by atoms with Crippen LogP contribution in [-0.4, -0.2) is 62.9 Å². The first-order valence-corrected chi connectivity index (χ1v) is 20.7. The number of hydrogen-bond donors (Lipinski definition) is 7. The highest BCUT2D eigenvalue weighted by atomic mass is 35.5. The Morgan fingerprint density at radius 1 is 0.947 bits per heavy atom. The van der Waals surface area contributed by atoms with Crippen LogP contribution in [0, 0.1) is 11.8 Å². The third-order valence-electron chi connectivity index (χ3n) is 10.2. The van der Waals surface area contributed by atoms with Gasteiger partial charge in [0.05, 0.1) is 11.7 Å². The van der Waals surface area contributed by atoms with E-state index in [4.69, 9.17) is 21.9 Å². The van der Waals surface area contributed by atoms with Crippen LogP contribution in [0.5, 0.6) is 5.75 Å². The second kappa shape index (κ2) is 17.1. The standard InChI is InChI=1S/C41H46ClN6O8P/c1-5-23(4)37(47-39(50)31(43)16-22(2)3)40(51)44-27-12-10-24(11-13-27)38(49)45-28-14-15-32-25(17-28)18-33(46-32)41(52)48-21-26(20-42)36-30-9-7-6-8-29(30)35(19-34(36)48)56-57(53,54)55/h6-15,17-19,22-23,26,31,37,46H,5,16,20-21,43H2,1-4H3,(H,44,51)(H,45,49)(H,47,50)(H2,53,54,55)/t23?,26-,31+,37+/m1/s1. The van der Waals surface area contributed by atoms with Crippen molar-refractivity contribution in [2.24, 2.45) is 17.6 Å². The zero-order valence-electron chi connectivity index (χ0n) is 31.9. The summed E-state index contributed by atoms with van der Waals surface area (Å²) in [6.45, 7) is 8.00. The van der Waals surface area contributed by atoms with E-state index in [-0.39, 0.29) is 59.3 Å². The average molecular weight is 817 g/mol. The van der Waals surface area contributed by atoms with Gasteiger partial charge in [0.25, 0.3) is 11.8 Å². The Bertz CT molecular complexity index is 2380. The summed E-state index contributed by atoms with van der Waals surface area (Å²) in [7, 11) is -4.92. The van der Waals surface area contributed by atoms with Crippen LogP contribution in [0.15, 0.2) is 78.9 Å². The Kier molecular flexibility index (Phi) is 12.4. The summed E-state index contributed by atoms with van der Waals surface area (Å²) >= 11 is 6.39. The number of fused-ring (bicyclic) bond motifs is 4. The van der Waals surface area contributed by atoms with Gasteiger partial charge >= 0.3 is 7.82 Å². The SMILES string of the molecule is CCC(C)[C@H](NC(=O)[C@@H](N)CC(C)C)C(=O)Nc1ccc(C(=O)Nc2ccc3[nH]c(C(=O)N4C[C@@H](CCl)c5c4cc(OP(=O)(O)O)c4ccccc54)cc3c2)cc1. The molecular weight excluding hydrogens is 771 g/mol. The summed E-state index contributed by atoms with van der Waals surface area (Å²) in [5.41, 5.74) is 9.44. The van der Waals surface area contributed by atoms with Gasteiger partial charge < -0.3 is 36.1 Å². The maximum atomic E-state index is 14.0. The molecule has 57 heavy (non-hydrogen) atoms. The molecule has 1 aromatic heterocycles. The number of amides is 4. The first-order chi connectivity index (χ1) is 27.1. The highest BCUT2D eigenvalue weighted by Gasteiger charge is 2.36. The lowest BCUT2D eigenvalue weighted by Crippen LogP contribution is -2.52. The van der Waals surface area contributed by atoms with Gasteiger partial charge in [-0.25, -0.2) is 4.57 Å². The second-order valence-corrected chi connectivity index (χ2v) is 16.3. The molecule has 4 aromatic carbocycles. The molecule has 0 radical (unpaired) electrons. The number of anilines is 3. The molecule has 0 spiro atoms. The molecule has 6 rings (SSSR count). The van der Waals surface area contributed by atoms with Crippen molar-refractivity contribution in [3.8, 4) is 5.75 Å². The summed E-state index contributed by atoms with van der Waals surface area (Å²) in [6.07, 6.45) is 1.15. The first kappa shape index (κ1) is 41.4. The minimum atomic E-state index is -4.92. The number of aromatic nitrogens is 1. The number of H-pyrrole nitrogens is 1. The second-order valence-electron chi connectivity index (χ2n) is 14.8. The summed E-state index contributed by atoms with van der Waals surface area (Å²) in [5, 5.41) is 10.3. The number of aromatic amines is 1. The Hall–Kier alpha value is -5.24. The van der Waals surface area contributed by atoms with Crippen LogP contribution in [-0.2, 0) is 14.2 Å². The lowest BCUT2D eigenvalue weighted by atomic mass is 9.95. The molecule has 1 unspecified atom stereocenters. The van der Waals surface area contributed by atoms with Gasteiger partial charge in [-0.1, -0.05) is 58.4 Å². The molecule has 4 amide bonds. The van der Waals surface area contributed by atoms with Gasteiger partial charge in [-0.05, 0) is 77.7 Å². The predicted molar refractivity (Wildman–Crippen MR) is 222 cm³/mol. The largest absolute Gasteiger partial charge is 0.524 e. The number of hydrogen-bond acceptors (Lipinski definition) is 7. The van der Waals surface area contributed by atoms with Crippen LogP contribution in [0.25, 0.3) is 21.7 Å². The van der Waals surface area contributed by atoms with Gasteiger partial charge in [-0.2, -0.15) is 0 Å². The number of nitrogens with zero attached hydrogens (tertiary/aromatic N) is 1. The normalized spacial score (nSPS) is 15.6. The molecule has 0 saturated carbocycles. The molecule has 5 aromatic rings. The molecule has 2 heterocycles. The highest BCUT2D eigenvalue weighted by molar-refractivity contribution is 7.46. The van der Waals surface area contributed by atoms with E-state index >= 15 is 0 Å². The van der Waals surface area contributed by atoms with Gasteiger partial charge in [0.1, 0.15) is 17.5 Å². The van der Waals surface area contributed by atoms with Gasteiger partial charge in [0.15, 0.2) is 0 Å². The van der Waals surface area contributed by atoms with E-state index < -0.39 is 25.8 Å². The van der Waals surface area contributed by atoms with Gasteiger partial charge in [0, 0.05) is 57.6 Å². The minimum Gasteiger partial charge on any atom is -0.404 e. The van der Waals surface area contributed by atoms with Crippen molar-refractivity contribution in [2.75, 3.05) is 28.0 Å². The number of benzene rings is 4. The van der Waals surface area contributed by atoms with Crippen molar-refractivity contribution in [1.82, 2.24) is 10.3 Å². The molecule has 300 valence electrons. The summed E-state index contributed by atoms with van der Waals surface area (Å²) < 4.78 is 16.9. The molecule has 4 atom stereocenters. The Balaban J connectivity index is 1.15. The number of phosphoric acid groups is 1. The highest BCUT2D eigenvalue weighted by Crippen LogP contribution is 2.49. The van der Waals surface area contributed by atoms with E-state index in [9.17, 15) is 33.5 Å². The zero-order valence-corrected chi connectivity index (χ0v) is 33.6. The van der Waals surface area contributed by atoms with E-state index in [1.807, 2.05) is 27.7 Å². The molecule has 16 heteroatoms. The van der Waals surface area contributed by atoms with E-state index in [2.05, 4.69) is 20.9 Å². The topological polar surface area (TPSA) is 216 Å². The number of nitrogens with two attached hydrogens (primary N) is 1. The van der Waals surface area contributed by atoms with E-state index in [1.165, 1.54) is 11.0 Å². The molecule has 0 fully saturated rings. The Morgan fingerprint density at radius 3 is 2.28 bits per heavy atom. The van der Waals surface area contributed by atoms with E-state index in [0.717, 1.165) is 5.56 Å². The summed E-state index contributed by atoms with van der Waals surface area (Å²) in [6, 6.07) is 20.2. The summed E-state index contributed by atoms with van der Waals surface area (Å²) in [5.74, 6) is -1.57. The quantitative estimate of drug-likeness (QED) is 0.0459. The van der Waals surface area contributed by atoms with Crippen LogP contribution < -0.4 is 31.1 Å². The number of phosphoric ester groups is 1. The Morgan fingerprint density at radius 2 is 1.63 bits per heavy atom. The van der Waals surface area contributed by atoms with Crippen molar-refractivity contribution in [3.05, 3.63) is 95.7 Å². The number of alkyl halides is 1. The zero-order chi connectivity index (χ0) is 41.2. The average Bonchev–Trinajstić information content (AvgIpc) is 3.77. The summed E-state index contributed by atoms with van der Waals surface area (Å²) in [4.78, 5) is 77.2. The van der Waals surface area contributed by atoms with Crippen molar-refractivity contribution in [2.45, 2.75) is 58.5 Å². The maximum Gasteiger partial charge on any atom is 0.524 e. The van der Waals surface area contributed by atoms with Crippen LogP contribution in [0.2, 0.25) is 0 Å². The van der Waals surface area contributed by atoms with Crippen molar-refractivity contribution in [3.63, 3.8) is 0 Å². The molecule has 8 N–H and O–H groups in total. The monoisotopic (exact) mass is 816 g/mol. The molecule has 0 saturated heterocycles. The lowest BCUT2D eigenvalue weighted by Gasteiger charge is -2.25. The van der Waals surface area contributed by atoms with Crippen LogP contribution in [0.1, 0.15) is 72.9 Å². The van der Waals surface area contributed by atoms with Crippen LogP contribution in [0.3, 0.4) is 0 Å². The van der Waals surface area contributed by atoms with Gasteiger partial charge in [0.2, 0.25) is 11.8 Å². The van der Waals surface area contributed by atoms with Gasteiger partial charge in [-0.15, -0.1) is 11.6 Å². The van der Waals surface area contributed by atoms with Crippen LogP contribution in [0.4, 0.5) is 17.1 Å². The number of carbonyl (C=O) groups is 4. The molecule has 0 bridgehead atoms. The fourth-order valence-electron chi connectivity index (χ4n) is 7.11. The smallest absolute Gasteiger partial charge is 0.404 e. The fourth-order valence-corrected chi connectivity index (χ4v) is 7.77. The van der Waals surface area contributed by atoms with E-state index in [0.29, 0.717) is 57.1 Å². The van der Waals surface area contributed by atoms with Crippen molar-refractivity contribution < 1.29 is 38.1 Å². The number of nitrogens with one attached hydrogen (secondary N) is 4. The molecular formula is C41H46ClN6O8P. The third kappa shape index (κ3) is 9.33. The molecule has 0 aliphatic carbocycles. The maximum absolute atomic E-state index is 14.0. The number of rotatable bonds is 14. The van der Waals surface area contributed by atoms with Gasteiger partial charge in [-0.3, -0.25) is 29.0 Å². The lowest BCUT2D eigenvalue weighted by molar-refractivity contribution is -0.128. The van der Waals surface area contributed by atoms with Crippen molar-refractivity contribution in [1.29, 1.82) is 0 Å². The molecule has 1 aliphatic heterocycles. The first-order valence-electron chi connectivity index (χ1n) is 18.7. The van der Waals surface area contributed by atoms with Crippen LogP contribution >= 0.6 is 19.4 Å². The number of carbonyl (C=O) groups excluding carboxylic acids is 4. The van der Waals surface area contributed by atoms with E-state index in [1.54, 1.807) is 72.8 Å². The van der Waals surface area contributed by atoms with Crippen molar-refractivity contribution >= 4 is 81.8 Å². The Labute approximate surface area is 334 Å². The third-order valence-corrected chi connectivity index (χ3v) is 11.0. The minimum absolute atomic E-state index is 0.0547.